The van der Waals surface area contributed by atoms with Crippen LogP contribution in [0.2, 0.25) is 0 Å². The highest BCUT2D eigenvalue weighted by atomic mass is 32.2. The molecule has 4 rings (SSSR count). The van der Waals surface area contributed by atoms with Crippen molar-refractivity contribution in [1.82, 2.24) is 14.2 Å². The zero-order valence-electron chi connectivity index (χ0n) is 18.2. The molecular formula is C23H27N5O3S. The van der Waals surface area contributed by atoms with Crippen LogP contribution in [-0.2, 0) is 10.0 Å². The number of rotatable bonds is 4. The molecular weight excluding hydrogens is 426 g/mol. The molecule has 168 valence electrons. The molecule has 0 atom stereocenters. The average molecular weight is 454 g/mol. The van der Waals surface area contributed by atoms with Crippen molar-refractivity contribution in [3.05, 3.63) is 53.2 Å². The highest BCUT2D eigenvalue weighted by Gasteiger charge is 2.29. The summed E-state index contributed by atoms with van der Waals surface area (Å²) in [6, 6.07) is 10.6. The van der Waals surface area contributed by atoms with Gasteiger partial charge in [-0.25, -0.2) is 13.4 Å². The third-order valence-electron chi connectivity index (χ3n) is 6.14. The molecule has 1 amide bonds. The third-order valence-corrected chi connectivity index (χ3v) is 8.18. The lowest BCUT2D eigenvalue weighted by Gasteiger charge is -2.35. The number of aryl methyl sites for hydroxylation is 1. The second-order valence-corrected chi connectivity index (χ2v) is 10.1. The molecule has 32 heavy (non-hydrogen) atoms. The van der Waals surface area contributed by atoms with Gasteiger partial charge in [0.1, 0.15) is 11.9 Å². The summed E-state index contributed by atoms with van der Waals surface area (Å²) in [5.74, 6) is 0.452. The monoisotopic (exact) mass is 453 g/mol. The minimum atomic E-state index is -3.62. The van der Waals surface area contributed by atoms with E-state index in [-0.39, 0.29) is 10.8 Å². The Morgan fingerprint density at radius 3 is 2.44 bits per heavy atom. The van der Waals surface area contributed by atoms with Gasteiger partial charge in [0.15, 0.2) is 0 Å². The number of carbonyl (C=O) groups is 1. The van der Waals surface area contributed by atoms with Crippen LogP contribution >= 0.6 is 0 Å². The molecule has 0 spiro atoms. The van der Waals surface area contributed by atoms with Gasteiger partial charge in [0.05, 0.1) is 10.5 Å². The zero-order chi connectivity index (χ0) is 22.7. The van der Waals surface area contributed by atoms with E-state index in [4.69, 9.17) is 0 Å². The molecule has 2 aliphatic rings. The molecule has 1 aromatic heterocycles. The fourth-order valence-electron chi connectivity index (χ4n) is 4.30. The van der Waals surface area contributed by atoms with E-state index in [1.807, 2.05) is 4.90 Å². The van der Waals surface area contributed by atoms with Crippen LogP contribution in [0.15, 0.2) is 41.4 Å². The molecule has 0 N–H and O–H groups in total. The molecule has 1 aromatic carbocycles. The number of anilines is 1. The first-order valence-corrected chi connectivity index (χ1v) is 12.4. The number of nitriles is 1. The number of hydrogen-bond donors (Lipinski definition) is 0. The maximum atomic E-state index is 13.2. The summed E-state index contributed by atoms with van der Waals surface area (Å²) in [7, 11) is -3.62. The van der Waals surface area contributed by atoms with Gasteiger partial charge in [-0.2, -0.15) is 9.57 Å². The molecule has 8 nitrogen and oxygen atoms in total. The summed E-state index contributed by atoms with van der Waals surface area (Å²) in [6.45, 7) is 4.89. The minimum Gasteiger partial charge on any atom is -0.352 e. The summed E-state index contributed by atoms with van der Waals surface area (Å²) >= 11 is 0. The Hall–Kier alpha value is -2.96. The van der Waals surface area contributed by atoms with Crippen molar-refractivity contribution in [2.45, 2.75) is 31.1 Å². The fraction of sp³-hybridized carbons (Fsp3) is 0.435. The summed E-state index contributed by atoms with van der Waals surface area (Å²) in [6.07, 6.45) is 4.43. The second kappa shape index (κ2) is 9.27. The fourth-order valence-corrected chi connectivity index (χ4v) is 6.06. The summed E-state index contributed by atoms with van der Waals surface area (Å²) in [5, 5.41) is 9.31. The smallest absolute Gasteiger partial charge is 0.254 e. The second-order valence-electron chi connectivity index (χ2n) is 8.21. The van der Waals surface area contributed by atoms with Gasteiger partial charge in [0, 0.05) is 51.0 Å². The lowest BCUT2D eigenvalue weighted by molar-refractivity contribution is 0.0746. The molecule has 2 aliphatic heterocycles. The van der Waals surface area contributed by atoms with Crippen molar-refractivity contribution in [2.24, 2.45) is 0 Å². The number of piperidine rings is 1. The Balaban J connectivity index is 1.50. The number of carbonyl (C=O) groups excluding carboxylic acids is 1. The molecule has 9 heteroatoms. The van der Waals surface area contributed by atoms with Gasteiger partial charge in [-0.3, -0.25) is 4.79 Å². The number of amides is 1. The summed E-state index contributed by atoms with van der Waals surface area (Å²) in [4.78, 5) is 21.4. The Kier molecular flexibility index (Phi) is 6.44. The van der Waals surface area contributed by atoms with Crippen LogP contribution in [0.25, 0.3) is 0 Å². The molecule has 2 aromatic rings. The SMILES string of the molecule is Cc1ccc(C(=O)N2CCN(c3ncccc3C#N)CC2)cc1S(=O)(=O)N1CCCCC1. The predicted molar refractivity (Wildman–Crippen MR) is 121 cm³/mol. The summed E-state index contributed by atoms with van der Waals surface area (Å²) in [5.41, 5.74) is 1.55. The first-order valence-electron chi connectivity index (χ1n) is 10.9. The number of piperazine rings is 1. The number of sulfonamides is 1. The largest absolute Gasteiger partial charge is 0.352 e. The van der Waals surface area contributed by atoms with Crippen LogP contribution in [0.5, 0.6) is 0 Å². The van der Waals surface area contributed by atoms with Crippen molar-refractivity contribution >= 4 is 21.7 Å². The molecule has 0 unspecified atom stereocenters. The Bertz CT molecular complexity index is 1140. The Labute approximate surface area is 189 Å². The lowest BCUT2D eigenvalue weighted by atomic mass is 10.1. The van der Waals surface area contributed by atoms with E-state index in [1.54, 1.807) is 42.3 Å². The van der Waals surface area contributed by atoms with E-state index in [2.05, 4.69) is 11.1 Å². The molecule has 3 heterocycles. The van der Waals surface area contributed by atoms with E-state index >= 15 is 0 Å². The molecule has 0 aliphatic carbocycles. The van der Waals surface area contributed by atoms with Crippen LogP contribution in [-0.4, -0.2) is 67.8 Å². The van der Waals surface area contributed by atoms with Crippen LogP contribution in [0.1, 0.15) is 40.7 Å². The molecule has 0 bridgehead atoms. The maximum Gasteiger partial charge on any atom is 0.254 e. The van der Waals surface area contributed by atoms with Gasteiger partial charge in [-0.05, 0) is 49.6 Å². The van der Waals surface area contributed by atoms with E-state index in [9.17, 15) is 18.5 Å². The van der Waals surface area contributed by atoms with Crippen LogP contribution in [0.4, 0.5) is 5.82 Å². The van der Waals surface area contributed by atoms with Gasteiger partial charge in [0.2, 0.25) is 10.0 Å². The van der Waals surface area contributed by atoms with E-state index < -0.39 is 10.0 Å². The maximum absolute atomic E-state index is 13.2. The van der Waals surface area contributed by atoms with Crippen LogP contribution in [0.3, 0.4) is 0 Å². The van der Waals surface area contributed by atoms with Crippen molar-refractivity contribution in [3.63, 3.8) is 0 Å². The first kappa shape index (κ1) is 22.2. The number of benzene rings is 1. The number of pyridine rings is 1. The number of nitrogens with zero attached hydrogens (tertiary/aromatic N) is 5. The van der Waals surface area contributed by atoms with Gasteiger partial charge in [-0.15, -0.1) is 0 Å². The average Bonchev–Trinajstić information content (AvgIpc) is 2.84. The highest BCUT2D eigenvalue weighted by molar-refractivity contribution is 7.89. The standard InChI is InChI=1S/C23H27N5O3S/c1-18-7-8-19(16-21(18)32(30,31)28-10-3-2-4-11-28)23(29)27-14-12-26(13-15-27)22-20(17-24)6-5-9-25-22/h5-9,16H,2-4,10-15H2,1H3. The Morgan fingerprint density at radius 2 is 1.75 bits per heavy atom. The van der Waals surface area contributed by atoms with Gasteiger partial charge in [0.25, 0.3) is 5.91 Å². The lowest BCUT2D eigenvalue weighted by Crippen LogP contribution is -2.49. The van der Waals surface area contributed by atoms with E-state index in [0.717, 1.165) is 19.3 Å². The van der Waals surface area contributed by atoms with Crippen LogP contribution in [0, 0.1) is 18.3 Å². The van der Waals surface area contributed by atoms with Crippen molar-refractivity contribution < 1.29 is 13.2 Å². The first-order chi connectivity index (χ1) is 15.4. The number of aromatic nitrogens is 1. The highest BCUT2D eigenvalue weighted by Crippen LogP contribution is 2.25. The van der Waals surface area contributed by atoms with Gasteiger partial charge >= 0.3 is 0 Å². The van der Waals surface area contributed by atoms with Gasteiger partial charge < -0.3 is 9.80 Å². The molecule has 0 radical (unpaired) electrons. The van der Waals surface area contributed by atoms with E-state index in [0.29, 0.717) is 61.8 Å². The molecule has 0 saturated carbocycles. The van der Waals surface area contributed by atoms with E-state index in [1.165, 1.54) is 10.4 Å². The van der Waals surface area contributed by atoms with Gasteiger partial charge in [-0.1, -0.05) is 12.5 Å². The third kappa shape index (κ3) is 4.33. The van der Waals surface area contributed by atoms with Crippen molar-refractivity contribution in [1.29, 1.82) is 5.26 Å². The Morgan fingerprint density at radius 1 is 1.03 bits per heavy atom. The predicted octanol–water partition coefficient (Wildman–Crippen LogP) is 2.40. The normalized spacial score (nSPS) is 17.8. The minimum absolute atomic E-state index is 0.179. The van der Waals surface area contributed by atoms with Crippen LogP contribution < -0.4 is 4.90 Å². The zero-order valence-corrected chi connectivity index (χ0v) is 19.0. The summed E-state index contributed by atoms with van der Waals surface area (Å²) < 4.78 is 27.9. The quantitative estimate of drug-likeness (QED) is 0.705. The molecule has 2 saturated heterocycles. The number of hydrogen-bond acceptors (Lipinski definition) is 6. The van der Waals surface area contributed by atoms with Crippen molar-refractivity contribution in [3.8, 4) is 6.07 Å². The molecule has 2 fully saturated rings. The topological polar surface area (TPSA) is 97.6 Å². The van der Waals surface area contributed by atoms with Crippen molar-refractivity contribution in [2.75, 3.05) is 44.2 Å².